The first kappa shape index (κ1) is 27.8. The summed E-state index contributed by atoms with van der Waals surface area (Å²) in [6.45, 7) is 8.39. The smallest absolute Gasteiger partial charge is 0.408 e. The zero-order chi connectivity index (χ0) is 26.2. The van der Waals surface area contributed by atoms with Gasteiger partial charge in [-0.2, -0.15) is 0 Å². The van der Waals surface area contributed by atoms with E-state index in [1.165, 1.54) is 0 Å². The number of benzene rings is 1. The average molecular weight is 490 g/mol. The third kappa shape index (κ3) is 9.38. The van der Waals surface area contributed by atoms with Gasteiger partial charge in [-0.15, -0.1) is 0 Å². The van der Waals surface area contributed by atoms with Crippen molar-refractivity contribution < 1.29 is 33.4 Å². The van der Waals surface area contributed by atoms with Gasteiger partial charge < -0.3 is 20.1 Å². The molecule has 1 heterocycles. The summed E-state index contributed by atoms with van der Waals surface area (Å²) in [5.74, 6) is -2.43. The zero-order valence-corrected chi connectivity index (χ0v) is 21.0. The topological polar surface area (TPSA) is 131 Å². The van der Waals surface area contributed by atoms with Crippen LogP contribution in [-0.2, 0) is 35.3 Å². The van der Waals surface area contributed by atoms with Crippen molar-refractivity contribution in [2.75, 3.05) is 6.54 Å². The molecule has 0 unspecified atom stereocenters. The van der Waals surface area contributed by atoms with E-state index in [1.54, 1.807) is 45.0 Å². The number of likely N-dealkylation sites (tertiary alicyclic amines) is 1. The number of hydrogen-bond donors (Lipinski definition) is 2. The maximum atomic E-state index is 12.9. The Morgan fingerprint density at radius 1 is 1.11 bits per heavy atom. The minimum absolute atomic E-state index is 0.0169. The van der Waals surface area contributed by atoms with Gasteiger partial charge in [-0.05, 0) is 45.1 Å². The Morgan fingerprint density at radius 3 is 2.37 bits per heavy atom. The van der Waals surface area contributed by atoms with Crippen LogP contribution in [0.3, 0.4) is 0 Å². The first-order valence-corrected chi connectivity index (χ1v) is 11.7. The van der Waals surface area contributed by atoms with Crippen molar-refractivity contribution in [2.24, 2.45) is 5.92 Å². The predicted molar refractivity (Wildman–Crippen MR) is 127 cm³/mol. The summed E-state index contributed by atoms with van der Waals surface area (Å²) in [6, 6.07) is 7.08. The number of esters is 1. The fourth-order valence-electron chi connectivity index (χ4n) is 3.48. The number of carbonyl (C=O) groups excluding carboxylic acids is 5. The molecule has 1 aromatic rings. The van der Waals surface area contributed by atoms with Gasteiger partial charge in [0.25, 0.3) is 5.91 Å². The minimum Gasteiger partial charge on any atom is -0.459 e. The number of nitrogens with zero attached hydrogens (tertiary/aromatic N) is 1. The molecule has 4 amide bonds. The maximum Gasteiger partial charge on any atom is 0.408 e. The number of imide groups is 1. The fraction of sp³-hybridized carbons (Fsp3) is 0.560. The Hall–Kier alpha value is -3.43. The molecule has 192 valence electrons. The fourth-order valence-corrected chi connectivity index (χ4v) is 3.48. The van der Waals surface area contributed by atoms with Crippen LogP contribution < -0.4 is 10.6 Å². The molecule has 0 saturated carbocycles. The van der Waals surface area contributed by atoms with Crippen molar-refractivity contribution in [2.45, 2.75) is 78.2 Å². The molecule has 10 nitrogen and oxygen atoms in total. The Kier molecular flexibility index (Phi) is 9.79. The molecule has 1 aliphatic rings. The van der Waals surface area contributed by atoms with Gasteiger partial charge in [-0.3, -0.25) is 24.1 Å². The van der Waals surface area contributed by atoms with E-state index in [0.717, 1.165) is 10.5 Å². The minimum atomic E-state index is -1.00. The molecule has 2 N–H and O–H groups in total. The monoisotopic (exact) mass is 489 g/mol. The number of amides is 4. The summed E-state index contributed by atoms with van der Waals surface area (Å²) in [6.07, 6.45) is -0.344. The molecule has 1 fully saturated rings. The normalized spacial score (nSPS) is 17.1. The van der Waals surface area contributed by atoms with Crippen LogP contribution in [0.5, 0.6) is 0 Å². The van der Waals surface area contributed by atoms with Crippen molar-refractivity contribution in [3.05, 3.63) is 35.9 Å². The van der Waals surface area contributed by atoms with E-state index in [1.807, 2.05) is 19.9 Å². The van der Waals surface area contributed by atoms with E-state index >= 15 is 0 Å². The molecule has 0 aromatic heterocycles. The number of ether oxygens (including phenoxy) is 2. The van der Waals surface area contributed by atoms with E-state index in [4.69, 9.17) is 9.47 Å². The summed E-state index contributed by atoms with van der Waals surface area (Å²) < 4.78 is 10.4. The van der Waals surface area contributed by atoms with E-state index in [2.05, 4.69) is 10.6 Å². The predicted octanol–water partition coefficient (Wildman–Crippen LogP) is 2.30. The summed E-state index contributed by atoms with van der Waals surface area (Å²) in [7, 11) is 0. The second-order valence-electron chi connectivity index (χ2n) is 9.89. The Balaban J connectivity index is 1.99. The summed E-state index contributed by atoms with van der Waals surface area (Å²) in [5, 5.41) is 5.17. The van der Waals surface area contributed by atoms with E-state index in [-0.39, 0.29) is 25.4 Å². The maximum absolute atomic E-state index is 12.9. The van der Waals surface area contributed by atoms with Crippen molar-refractivity contribution >= 4 is 29.8 Å². The van der Waals surface area contributed by atoms with Crippen molar-refractivity contribution in [1.82, 2.24) is 15.5 Å². The Labute approximate surface area is 205 Å². The molecule has 2 rings (SSSR count). The number of piperidine rings is 1. The van der Waals surface area contributed by atoms with Crippen molar-refractivity contribution in [3.63, 3.8) is 0 Å². The lowest BCUT2D eigenvalue weighted by Gasteiger charge is -2.31. The van der Waals surface area contributed by atoms with Crippen LogP contribution in [-0.4, -0.2) is 58.9 Å². The second-order valence-corrected chi connectivity index (χ2v) is 9.89. The summed E-state index contributed by atoms with van der Waals surface area (Å²) >= 11 is 0. The molecule has 1 aromatic carbocycles. The van der Waals surface area contributed by atoms with Crippen LogP contribution in [0.1, 0.15) is 59.4 Å². The van der Waals surface area contributed by atoms with Crippen LogP contribution in [0.4, 0.5) is 4.79 Å². The highest BCUT2D eigenvalue weighted by atomic mass is 16.6. The van der Waals surface area contributed by atoms with Gasteiger partial charge in [0.15, 0.2) is 0 Å². The number of carbonyl (C=O) groups is 5. The highest BCUT2D eigenvalue weighted by Gasteiger charge is 2.38. The van der Waals surface area contributed by atoms with Gasteiger partial charge in [0, 0.05) is 6.42 Å². The van der Waals surface area contributed by atoms with Gasteiger partial charge in [0.2, 0.25) is 11.8 Å². The number of nitrogens with one attached hydrogen (secondary N) is 2. The molecular formula is C25H35N3O7. The molecule has 0 radical (unpaired) electrons. The van der Waals surface area contributed by atoms with Gasteiger partial charge in [0.1, 0.15) is 30.8 Å². The quantitative estimate of drug-likeness (QED) is 0.402. The van der Waals surface area contributed by atoms with Gasteiger partial charge in [-0.1, -0.05) is 44.2 Å². The van der Waals surface area contributed by atoms with Crippen LogP contribution in [0, 0.1) is 5.92 Å². The van der Waals surface area contributed by atoms with Gasteiger partial charge >= 0.3 is 12.1 Å². The third-order valence-corrected chi connectivity index (χ3v) is 5.07. The van der Waals surface area contributed by atoms with E-state index in [0.29, 0.717) is 6.42 Å². The van der Waals surface area contributed by atoms with Crippen molar-refractivity contribution in [1.29, 1.82) is 0 Å². The standard InChI is InChI=1S/C25H35N3O7/c1-16(2)13-19(27-24(33)35-25(3,4)5)22(31)26-18-11-12-20(29)28(23(18)32)14-21(30)34-15-17-9-7-6-8-10-17/h6-10,16,18-19H,11-15H2,1-5H3,(H,26,31)(H,27,33)/t18-,19-/m0/s1. The molecule has 2 atom stereocenters. The highest BCUT2D eigenvalue weighted by Crippen LogP contribution is 2.15. The lowest BCUT2D eigenvalue weighted by atomic mass is 10.0. The zero-order valence-electron chi connectivity index (χ0n) is 21.0. The molecule has 35 heavy (non-hydrogen) atoms. The first-order valence-electron chi connectivity index (χ1n) is 11.7. The SMILES string of the molecule is CC(C)C[C@H](NC(=O)OC(C)(C)C)C(=O)N[C@H]1CCC(=O)N(CC(=O)OCc2ccccc2)C1=O. The van der Waals surface area contributed by atoms with Crippen LogP contribution >= 0.6 is 0 Å². The van der Waals surface area contributed by atoms with Crippen LogP contribution in [0.15, 0.2) is 30.3 Å². The summed E-state index contributed by atoms with van der Waals surface area (Å²) in [4.78, 5) is 63.4. The largest absolute Gasteiger partial charge is 0.459 e. The van der Waals surface area contributed by atoms with E-state index < -0.39 is 54.0 Å². The van der Waals surface area contributed by atoms with Gasteiger partial charge in [-0.25, -0.2) is 4.79 Å². The summed E-state index contributed by atoms with van der Waals surface area (Å²) in [5.41, 5.74) is 0.0362. The first-order chi connectivity index (χ1) is 16.4. The Bertz CT molecular complexity index is 925. The lowest BCUT2D eigenvalue weighted by molar-refractivity contribution is -0.159. The molecule has 1 aliphatic heterocycles. The average Bonchev–Trinajstić information content (AvgIpc) is 2.75. The number of rotatable bonds is 9. The highest BCUT2D eigenvalue weighted by molar-refractivity contribution is 6.04. The molecule has 0 spiro atoms. The third-order valence-electron chi connectivity index (χ3n) is 5.07. The van der Waals surface area contributed by atoms with Crippen molar-refractivity contribution in [3.8, 4) is 0 Å². The molecule has 0 aliphatic carbocycles. The molecule has 0 bridgehead atoms. The van der Waals surface area contributed by atoms with E-state index in [9.17, 15) is 24.0 Å². The number of hydrogen-bond acceptors (Lipinski definition) is 7. The number of alkyl carbamates (subject to hydrolysis) is 1. The molecular weight excluding hydrogens is 454 g/mol. The van der Waals surface area contributed by atoms with Crippen LogP contribution in [0.2, 0.25) is 0 Å². The molecule has 1 saturated heterocycles. The van der Waals surface area contributed by atoms with Gasteiger partial charge in [0.05, 0.1) is 0 Å². The second kappa shape index (κ2) is 12.3. The molecule has 10 heteroatoms. The van der Waals surface area contributed by atoms with Crippen LogP contribution in [0.25, 0.3) is 0 Å². The Morgan fingerprint density at radius 2 is 1.77 bits per heavy atom. The lowest BCUT2D eigenvalue weighted by Crippen LogP contribution is -2.58.